The molecule has 4 aromatic carbocycles. The summed E-state index contributed by atoms with van der Waals surface area (Å²) in [6, 6.07) is 13.9. The van der Waals surface area contributed by atoms with E-state index in [0.29, 0.717) is 154 Å². The molecule has 2 unspecified atom stereocenters. The molecule has 0 bridgehead atoms. The molecular weight excluding hydrogens is 1910 g/mol. The summed E-state index contributed by atoms with van der Waals surface area (Å²) < 4.78 is 90.8. The van der Waals surface area contributed by atoms with E-state index in [-0.39, 0.29) is 197 Å². The van der Waals surface area contributed by atoms with Crippen molar-refractivity contribution in [3.8, 4) is 23.0 Å². The van der Waals surface area contributed by atoms with Crippen LogP contribution in [-0.4, -0.2) is 319 Å². The minimum Gasteiger partial charge on any atom is -0.493 e. The van der Waals surface area contributed by atoms with Crippen LogP contribution in [-0.2, 0) is 113 Å². The van der Waals surface area contributed by atoms with E-state index in [9.17, 15) is 67.4 Å². The second-order valence-corrected chi connectivity index (χ2v) is 37.6. The number of rotatable bonds is 63. The molecule has 147 heavy (non-hydrogen) atoms. The number of benzene rings is 4. The average molecular weight is 2060 g/mol. The lowest BCUT2D eigenvalue weighted by atomic mass is 9.81. The highest BCUT2D eigenvalue weighted by atomic mass is 16.6. The first kappa shape index (κ1) is 117. The summed E-state index contributed by atoms with van der Waals surface area (Å²) in [4.78, 5) is 182. The molecule has 13 amide bonds. The van der Waals surface area contributed by atoms with Gasteiger partial charge in [0, 0.05) is 81.8 Å². The van der Waals surface area contributed by atoms with Crippen LogP contribution in [0.5, 0.6) is 23.0 Å². The van der Waals surface area contributed by atoms with Gasteiger partial charge in [0.2, 0.25) is 53.2 Å². The van der Waals surface area contributed by atoms with Gasteiger partial charge in [-0.2, -0.15) is 0 Å². The maximum atomic E-state index is 14.5. The van der Waals surface area contributed by atoms with Gasteiger partial charge in [-0.15, -0.1) is 0 Å². The number of methoxy groups -OCH3 is 3. The third-order valence-electron chi connectivity index (χ3n) is 25.6. The van der Waals surface area contributed by atoms with Crippen molar-refractivity contribution in [1.29, 1.82) is 0 Å². The van der Waals surface area contributed by atoms with E-state index >= 15 is 0 Å². The molecule has 1 aliphatic carbocycles. The van der Waals surface area contributed by atoms with Crippen LogP contribution in [0.3, 0.4) is 0 Å². The fourth-order valence-electron chi connectivity index (χ4n) is 17.5. The molecule has 1 saturated carbocycles. The Balaban J connectivity index is 0.577. The van der Waals surface area contributed by atoms with Gasteiger partial charge in [0.05, 0.1) is 200 Å². The van der Waals surface area contributed by atoms with Crippen molar-refractivity contribution >= 4 is 99.9 Å². The molecule has 0 spiro atoms. The Hall–Kier alpha value is -12.0. The zero-order chi connectivity index (χ0) is 106. The van der Waals surface area contributed by atoms with Crippen LogP contribution in [0.15, 0.2) is 96.3 Å². The number of anilines is 4. The smallest absolute Gasteiger partial charge is 0.416 e. The average Bonchev–Trinajstić information content (AvgIpc) is 1.61. The molecule has 0 aromatic heterocycles. The number of nitrogens with zero attached hydrogens (tertiary/aromatic N) is 5. The number of aliphatic hydroxyl groups excluding tert-OH is 1. The van der Waals surface area contributed by atoms with Gasteiger partial charge in [-0.3, -0.25) is 62.5 Å². The summed E-state index contributed by atoms with van der Waals surface area (Å²) in [6.45, 7) is 20.3. The Morgan fingerprint density at radius 1 is 0.435 bits per heavy atom. The van der Waals surface area contributed by atoms with Crippen LogP contribution in [0, 0.1) is 23.7 Å². The van der Waals surface area contributed by atoms with Gasteiger partial charge in [0.1, 0.15) is 37.4 Å². The van der Waals surface area contributed by atoms with Crippen molar-refractivity contribution in [2.24, 2.45) is 23.7 Å². The number of carbonyl (C=O) groups is 13. The van der Waals surface area contributed by atoms with Gasteiger partial charge in [0.15, 0.2) is 29.2 Å². The summed E-state index contributed by atoms with van der Waals surface area (Å²) in [5, 5.41) is 31.3. The van der Waals surface area contributed by atoms with Crippen LogP contribution in [0.2, 0.25) is 0 Å². The number of unbranched alkanes of at least 4 members (excludes halogenated alkanes) is 2. The maximum Gasteiger partial charge on any atom is 0.416 e. The minimum absolute atomic E-state index is 0.00655. The summed E-state index contributed by atoms with van der Waals surface area (Å²) in [7, 11) is 4.40. The second-order valence-electron chi connectivity index (χ2n) is 37.6. The lowest BCUT2D eigenvalue weighted by Gasteiger charge is -2.31. The fraction of sp³-hybridized carbons (Fsp3) is 0.610. The Morgan fingerprint density at radius 3 is 1.34 bits per heavy atom. The number of aliphatic hydroxyl groups is 1. The highest BCUT2D eigenvalue weighted by Gasteiger charge is 2.47. The first-order valence-electron chi connectivity index (χ1n) is 51.0. The van der Waals surface area contributed by atoms with Crippen LogP contribution in [0.25, 0.3) is 0 Å². The van der Waals surface area contributed by atoms with Crippen LogP contribution < -0.4 is 66.0 Å². The SMILES string of the molecule is COCCOCCC(=O)N[C@H](C(=O)N[C@@H](C)C(=O)Nc1ccc(COC(=O)N2CC3CC(C)=CN3C(=O)c3cc(OC)c(OCCCCCOc4cc5c(cc4OC)C(=O)N4C=C(C)C[C@H]4[C@H](O)N5C(=O)OCc4ccc(NC(=O)[C@H](C)NC(=O)[C@@H](NC(=O)CCOCCOCCOCCOCCOCCOCCOCCOCCNC(=O)CCN5C(=O)CC(C6CCCCCCC6)C5=O)C(C)C)cc4)cc32)cc1)C(C)C. The Kier molecular flexibility index (Phi) is 49.1. The molecule has 8 atom stereocenters. The predicted octanol–water partition coefficient (Wildman–Crippen LogP) is 9.19. The standard InChI is InChI=1S/C105H150N12O30/c1-68(2)94(111-91(119)31-37-135-41-40-132-9)98(124)107-72(7)96(122)109-77-26-22-74(23-27-77)66-146-104(130)116-65-79-56-70(5)63-114(79)101(127)81-58-86(133-10)88(61-83(81)116)144-35-18-15-19-36-145-89-62-84-82(59-87(89)134-11)102(128)115-64-71(6)57-85(115)103(129)117(84)105(131)147-67-75-24-28-78(29-25-75)110-97(123)73(8)108-99(125)95(69(3)4)112-92(120)32-38-136-42-44-138-46-48-140-50-52-142-54-55-143-53-51-141-49-47-139-45-43-137-39-33-106-90(118)30-34-113-93(121)60-80(100(113)126)76-20-16-13-12-14-17-21-76/h22-29,58-59,61-64,68-69,72-73,76,79-80,85,94-95,103,129H,12-21,30-57,60,65-67H2,1-11H3,(H,106,118)(H,107,124)(H,108,125)(H,109,122)(H,110,123)(H,111,119)(H,112,120)/t72-,73-,79?,80?,85-,94-,95-,103-/m0/s1. The Bertz CT molecular complexity index is 5030. The molecule has 10 rings (SSSR count). The van der Waals surface area contributed by atoms with Crippen molar-refractivity contribution in [3.05, 3.63) is 119 Å². The molecule has 2 fully saturated rings. The number of hydrogen-bond donors (Lipinski definition) is 8. The number of fused-ring (bicyclic) bond motifs is 4. The molecule has 5 heterocycles. The number of hydrogen-bond acceptors (Lipinski definition) is 30. The minimum atomic E-state index is -1.59. The summed E-state index contributed by atoms with van der Waals surface area (Å²) in [5.41, 5.74) is 4.05. The molecule has 1 saturated heterocycles. The van der Waals surface area contributed by atoms with Crippen molar-refractivity contribution in [2.45, 2.75) is 214 Å². The topological polar surface area (TPSA) is 490 Å². The number of ether oxygens (including phenoxy) is 16. The van der Waals surface area contributed by atoms with Gasteiger partial charge < -0.3 is 128 Å². The second kappa shape index (κ2) is 61.7. The summed E-state index contributed by atoms with van der Waals surface area (Å²) in [5.74, 6) is -4.09. The Labute approximate surface area is 859 Å². The highest BCUT2D eigenvalue weighted by Crippen LogP contribution is 2.45. The number of likely N-dealkylation sites (tertiary alicyclic amines) is 1. The molecule has 6 aliphatic rings. The van der Waals surface area contributed by atoms with E-state index in [1.54, 1.807) is 113 Å². The number of amides is 13. The van der Waals surface area contributed by atoms with Crippen molar-refractivity contribution in [1.82, 2.24) is 41.3 Å². The van der Waals surface area contributed by atoms with E-state index in [1.807, 2.05) is 13.8 Å². The number of carbonyl (C=O) groups excluding carboxylic acids is 13. The lowest BCUT2D eigenvalue weighted by molar-refractivity contribution is -0.140. The molecule has 8 N–H and O–H groups in total. The van der Waals surface area contributed by atoms with Gasteiger partial charge in [-0.05, 0) is 138 Å². The van der Waals surface area contributed by atoms with E-state index in [1.165, 1.54) is 74.2 Å². The third-order valence-corrected chi connectivity index (χ3v) is 25.6. The highest BCUT2D eigenvalue weighted by molar-refractivity contribution is 6.08. The van der Waals surface area contributed by atoms with Crippen molar-refractivity contribution < 1.29 is 143 Å². The van der Waals surface area contributed by atoms with Gasteiger partial charge in [0.25, 0.3) is 11.8 Å². The van der Waals surface area contributed by atoms with Crippen LogP contribution in [0.1, 0.15) is 190 Å². The zero-order valence-corrected chi connectivity index (χ0v) is 86.7. The van der Waals surface area contributed by atoms with E-state index in [2.05, 4.69) is 37.2 Å². The third kappa shape index (κ3) is 36.8. The summed E-state index contributed by atoms with van der Waals surface area (Å²) in [6.07, 6.45) is 10.5. The van der Waals surface area contributed by atoms with Gasteiger partial charge in [-0.1, -0.05) is 95.2 Å². The molecule has 4 aromatic rings. The first-order valence-corrected chi connectivity index (χ1v) is 51.0. The lowest BCUT2D eigenvalue weighted by Crippen LogP contribution is -2.53. The summed E-state index contributed by atoms with van der Waals surface area (Å²) >= 11 is 0. The molecule has 0 radical (unpaired) electrons. The normalized spacial score (nSPS) is 17.6. The van der Waals surface area contributed by atoms with E-state index in [0.717, 1.165) is 41.7 Å². The van der Waals surface area contributed by atoms with E-state index in [4.69, 9.17) is 75.8 Å². The maximum absolute atomic E-state index is 14.5. The first-order chi connectivity index (χ1) is 70.9. The predicted molar refractivity (Wildman–Crippen MR) is 539 cm³/mol. The fourth-order valence-corrected chi connectivity index (χ4v) is 17.5. The monoisotopic (exact) mass is 2060 g/mol. The molecule has 42 nitrogen and oxygen atoms in total. The number of nitrogens with one attached hydrogen (secondary N) is 7. The van der Waals surface area contributed by atoms with Gasteiger partial charge in [-0.25, -0.2) is 14.5 Å². The zero-order valence-electron chi connectivity index (χ0n) is 86.7. The van der Waals surface area contributed by atoms with Gasteiger partial charge >= 0.3 is 12.2 Å². The number of imide groups is 1. The molecule has 42 heteroatoms. The largest absolute Gasteiger partial charge is 0.493 e. The molecule has 5 aliphatic heterocycles. The van der Waals surface area contributed by atoms with E-state index < -0.39 is 90.1 Å². The van der Waals surface area contributed by atoms with Crippen molar-refractivity contribution in [2.75, 3.05) is 200 Å². The van der Waals surface area contributed by atoms with Crippen LogP contribution >= 0.6 is 0 Å². The Morgan fingerprint density at radius 2 is 0.864 bits per heavy atom. The van der Waals surface area contributed by atoms with Crippen molar-refractivity contribution in [3.63, 3.8) is 0 Å². The molecular formula is C105H150N12O30. The van der Waals surface area contributed by atoms with Crippen LogP contribution in [0.4, 0.5) is 32.3 Å². The quantitative estimate of drug-likeness (QED) is 0.0151. The molecule has 810 valence electrons.